The third-order valence-electron chi connectivity index (χ3n) is 1.89. The Hall–Kier alpha value is 0.270. The summed E-state index contributed by atoms with van der Waals surface area (Å²) in [7, 11) is 1.44. The molecule has 0 spiro atoms. The summed E-state index contributed by atoms with van der Waals surface area (Å²) in [6.45, 7) is 0. The van der Waals surface area contributed by atoms with Crippen molar-refractivity contribution in [1.82, 2.24) is 0 Å². The minimum absolute atomic E-state index is 0. The van der Waals surface area contributed by atoms with E-state index in [-0.39, 0.29) is 5.48 Å². The molecule has 0 aromatic heterocycles. The highest BCUT2D eigenvalue weighted by molar-refractivity contribution is 14.1. The van der Waals surface area contributed by atoms with Crippen LogP contribution in [0.3, 0.4) is 0 Å². The second-order valence-electron chi connectivity index (χ2n) is 2.68. The van der Waals surface area contributed by atoms with E-state index in [1.54, 1.807) is 6.08 Å². The first kappa shape index (κ1) is 13.3. The van der Waals surface area contributed by atoms with Gasteiger partial charge >= 0.3 is 0 Å². The molecule has 0 amide bonds. The number of ether oxygens (including phenoxy) is 1. The molecule has 0 radical (unpaired) electrons. The van der Waals surface area contributed by atoms with Crippen LogP contribution in [0.5, 0.6) is 0 Å². The number of hydrogen-bond donors (Lipinski definition) is 3. The number of methoxy groups -OCH3 is 1. The van der Waals surface area contributed by atoms with Gasteiger partial charge in [-0.25, -0.2) is 0 Å². The molecule has 1 rings (SSSR count). The Bertz CT molecular complexity index is 195. The van der Waals surface area contributed by atoms with E-state index in [9.17, 15) is 15.3 Å². The van der Waals surface area contributed by atoms with Crippen LogP contribution in [0, 0.1) is 0 Å². The van der Waals surface area contributed by atoms with Gasteiger partial charge < -0.3 is 25.5 Å². The van der Waals surface area contributed by atoms with Crippen LogP contribution < -0.4 is 0 Å². The standard InChI is InChI=1S/C7H11IO4.H2O/c1-12-4-2-3(8)5(9)7(11)6(4)10;/h2,4-7,9-11H,1H3;1H2/t4-,5-,6-,7-;/m1./s1. The Kier molecular flexibility index (Phi) is 5.33. The topological polar surface area (TPSA) is 101 Å². The maximum absolute atomic E-state index is 9.34. The van der Waals surface area contributed by atoms with Crippen molar-refractivity contribution in [3.63, 3.8) is 0 Å². The van der Waals surface area contributed by atoms with Crippen molar-refractivity contribution in [1.29, 1.82) is 0 Å². The third kappa shape index (κ3) is 2.61. The average Bonchev–Trinajstić information content (AvgIpc) is 2.08. The number of halogens is 1. The molecule has 5 N–H and O–H groups in total. The van der Waals surface area contributed by atoms with Crippen LogP contribution in [0.2, 0.25) is 0 Å². The van der Waals surface area contributed by atoms with E-state index in [1.165, 1.54) is 7.11 Å². The second-order valence-corrected chi connectivity index (χ2v) is 3.92. The smallest absolute Gasteiger partial charge is 0.113 e. The minimum Gasteiger partial charge on any atom is -0.412 e. The van der Waals surface area contributed by atoms with Gasteiger partial charge in [-0.3, -0.25) is 0 Å². The highest BCUT2D eigenvalue weighted by Crippen LogP contribution is 2.25. The number of aliphatic hydroxyl groups excluding tert-OH is 3. The lowest BCUT2D eigenvalue weighted by Crippen LogP contribution is -2.48. The molecule has 0 aliphatic heterocycles. The van der Waals surface area contributed by atoms with Gasteiger partial charge in [0.05, 0.1) is 0 Å². The number of aliphatic hydroxyl groups is 3. The molecule has 0 unspecified atom stereocenters. The second kappa shape index (κ2) is 5.23. The van der Waals surface area contributed by atoms with Crippen LogP contribution in [0.1, 0.15) is 0 Å². The Morgan fingerprint density at radius 2 is 1.85 bits per heavy atom. The summed E-state index contributed by atoms with van der Waals surface area (Å²) in [5.74, 6) is 0. The van der Waals surface area contributed by atoms with E-state index in [2.05, 4.69) is 0 Å². The van der Waals surface area contributed by atoms with Crippen LogP contribution in [0.4, 0.5) is 0 Å². The molecule has 5 nitrogen and oxygen atoms in total. The molecule has 13 heavy (non-hydrogen) atoms. The predicted molar refractivity (Wildman–Crippen MR) is 54.5 cm³/mol. The Morgan fingerprint density at radius 1 is 1.31 bits per heavy atom. The summed E-state index contributed by atoms with van der Waals surface area (Å²) < 4.78 is 5.48. The summed E-state index contributed by atoms with van der Waals surface area (Å²) in [6, 6.07) is 0. The van der Waals surface area contributed by atoms with E-state index in [0.29, 0.717) is 3.58 Å². The first-order valence-corrected chi connectivity index (χ1v) is 4.60. The van der Waals surface area contributed by atoms with Crippen molar-refractivity contribution >= 4 is 22.6 Å². The zero-order valence-corrected chi connectivity index (χ0v) is 9.17. The van der Waals surface area contributed by atoms with Crippen molar-refractivity contribution in [2.24, 2.45) is 0 Å². The maximum Gasteiger partial charge on any atom is 0.113 e. The summed E-state index contributed by atoms with van der Waals surface area (Å²) >= 11 is 1.91. The van der Waals surface area contributed by atoms with Gasteiger partial charge in [0.25, 0.3) is 0 Å². The fourth-order valence-electron chi connectivity index (χ4n) is 1.11. The zero-order valence-electron chi connectivity index (χ0n) is 7.01. The molecule has 0 saturated carbocycles. The Morgan fingerprint density at radius 3 is 2.31 bits per heavy atom. The van der Waals surface area contributed by atoms with Crippen molar-refractivity contribution in [2.45, 2.75) is 24.4 Å². The summed E-state index contributed by atoms with van der Waals surface area (Å²) in [6.07, 6.45) is -2.14. The van der Waals surface area contributed by atoms with E-state index in [0.717, 1.165) is 0 Å². The van der Waals surface area contributed by atoms with Crippen molar-refractivity contribution in [2.75, 3.05) is 7.11 Å². The molecule has 6 heteroatoms. The van der Waals surface area contributed by atoms with Gasteiger partial charge in [-0.15, -0.1) is 0 Å². The van der Waals surface area contributed by atoms with Gasteiger partial charge in [-0.2, -0.15) is 0 Å². The highest BCUT2D eigenvalue weighted by atomic mass is 127. The Labute approximate surface area is 89.5 Å². The van der Waals surface area contributed by atoms with Crippen LogP contribution in [-0.2, 0) is 4.74 Å². The maximum atomic E-state index is 9.34. The monoisotopic (exact) mass is 304 g/mol. The fraction of sp³-hybridized carbons (Fsp3) is 0.714. The molecular weight excluding hydrogens is 291 g/mol. The van der Waals surface area contributed by atoms with Crippen LogP contribution in [0.15, 0.2) is 9.66 Å². The first-order valence-electron chi connectivity index (χ1n) is 3.52. The third-order valence-corrected chi connectivity index (χ3v) is 2.89. The largest absolute Gasteiger partial charge is 0.412 e. The molecule has 78 valence electrons. The number of rotatable bonds is 1. The molecule has 0 fully saturated rings. The quantitative estimate of drug-likeness (QED) is 0.518. The molecular formula is C7H13IO5. The zero-order chi connectivity index (χ0) is 9.30. The molecule has 0 saturated heterocycles. The van der Waals surface area contributed by atoms with Gasteiger partial charge in [0.15, 0.2) is 0 Å². The lowest BCUT2D eigenvalue weighted by molar-refractivity contribution is -0.0986. The number of hydrogen-bond acceptors (Lipinski definition) is 4. The minimum atomic E-state index is -1.16. The molecule has 0 aromatic carbocycles. The predicted octanol–water partition coefficient (Wildman–Crippen LogP) is -1.41. The van der Waals surface area contributed by atoms with Gasteiger partial charge in [-0.05, 0) is 28.7 Å². The van der Waals surface area contributed by atoms with Crippen LogP contribution in [0.25, 0.3) is 0 Å². The highest BCUT2D eigenvalue weighted by Gasteiger charge is 2.36. The van der Waals surface area contributed by atoms with Gasteiger partial charge in [0.1, 0.15) is 24.4 Å². The van der Waals surface area contributed by atoms with Crippen LogP contribution in [-0.4, -0.2) is 52.3 Å². The summed E-state index contributed by atoms with van der Waals surface area (Å²) in [4.78, 5) is 0. The summed E-state index contributed by atoms with van der Waals surface area (Å²) in [5.41, 5.74) is 0. The molecule has 1 aliphatic carbocycles. The normalized spacial score (nSPS) is 39.3. The fourth-order valence-corrected chi connectivity index (χ4v) is 1.83. The summed E-state index contributed by atoms with van der Waals surface area (Å²) in [5, 5.41) is 27.9. The SMILES string of the molecule is CO[C@@H]1C=C(I)[C@@H](O)[C@@H](O)[C@@H]1O.O. The van der Waals surface area contributed by atoms with Crippen LogP contribution >= 0.6 is 22.6 Å². The molecule has 4 atom stereocenters. The van der Waals surface area contributed by atoms with E-state index < -0.39 is 24.4 Å². The molecule has 1 aliphatic rings. The van der Waals surface area contributed by atoms with E-state index in [4.69, 9.17) is 4.74 Å². The van der Waals surface area contributed by atoms with Crippen molar-refractivity contribution < 1.29 is 25.5 Å². The Balaban J connectivity index is 0.00000144. The van der Waals surface area contributed by atoms with Crippen molar-refractivity contribution in [3.05, 3.63) is 9.66 Å². The van der Waals surface area contributed by atoms with Crippen molar-refractivity contribution in [3.8, 4) is 0 Å². The lowest BCUT2D eigenvalue weighted by atomic mass is 9.96. The van der Waals surface area contributed by atoms with E-state index in [1.807, 2.05) is 22.6 Å². The first-order chi connectivity index (χ1) is 5.57. The van der Waals surface area contributed by atoms with Gasteiger partial charge in [0.2, 0.25) is 0 Å². The average molecular weight is 304 g/mol. The van der Waals surface area contributed by atoms with Gasteiger partial charge in [0, 0.05) is 10.7 Å². The molecule has 0 bridgehead atoms. The van der Waals surface area contributed by atoms with E-state index >= 15 is 0 Å². The molecule has 0 heterocycles. The lowest BCUT2D eigenvalue weighted by Gasteiger charge is -2.31. The molecule has 0 aromatic rings. The van der Waals surface area contributed by atoms with Gasteiger partial charge in [-0.1, -0.05) is 0 Å².